The molecule has 2 aromatic rings. The molecule has 106 valence electrons. The van der Waals surface area contributed by atoms with Crippen molar-refractivity contribution in [1.82, 2.24) is 4.72 Å². The molecule has 20 heavy (non-hydrogen) atoms. The van der Waals surface area contributed by atoms with Crippen molar-refractivity contribution < 1.29 is 8.42 Å². The summed E-state index contributed by atoms with van der Waals surface area (Å²) in [7, 11) is -3.54. The molecule has 0 aliphatic carbocycles. The smallest absolute Gasteiger partial charge is 0.241 e. The fourth-order valence-electron chi connectivity index (χ4n) is 1.76. The standard InChI is InChI=1S/C13H14N2O2S3/c1-9-7-10(13(14)18)4-5-12(9)20(16,17)15-8-11-3-2-6-19-11/h2-7,15H,8H2,1H3,(H2,14,18). The molecule has 3 N–H and O–H groups in total. The van der Waals surface area contributed by atoms with Crippen LogP contribution in [0.2, 0.25) is 0 Å². The van der Waals surface area contributed by atoms with Gasteiger partial charge in [0.25, 0.3) is 0 Å². The third-order valence-electron chi connectivity index (χ3n) is 2.77. The molecular weight excluding hydrogens is 312 g/mol. The van der Waals surface area contributed by atoms with E-state index in [1.54, 1.807) is 19.1 Å². The minimum Gasteiger partial charge on any atom is -0.389 e. The molecule has 0 unspecified atom stereocenters. The third-order valence-corrected chi connectivity index (χ3v) is 5.44. The highest BCUT2D eigenvalue weighted by Crippen LogP contribution is 2.18. The first-order valence-electron chi connectivity index (χ1n) is 5.82. The summed E-state index contributed by atoms with van der Waals surface area (Å²) in [5.41, 5.74) is 6.81. The number of nitrogens with one attached hydrogen (secondary N) is 1. The van der Waals surface area contributed by atoms with Crippen molar-refractivity contribution in [2.45, 2.75) is 18.4 Å². The van der Waals surface area contributed by atoms with Gasteiger partial charge in [-0.1, -0.05) is 24.4 Å². The molecule has 2 rings (SSSR count). The largest absolute Gasteiger partial charge is 0.389 e. The SMILES string of the molecule is Cc1cc(C(N)=S)ccc1S(=O)(=O)NCc1cccs1. The Labute approximate surface area is 127 Å². The van der Waals surface area contributed by atoms with Crippen LogP contribution in [0, 0.1) is 6.92 Å². The summed E-state index contributed by atoms with van der Waals surface area (Å²) in [6.45, 7) is 2.01. The molecule has 7 heteroatoms. The van der Waals surface area contributed by atoms with E-state index in [9.17, 15) is 8.42 Å². The molecule has 0 aliphatic heterocycles. The number of hydrogen-bond donors (Lipinski definition) is 2. The Kier molecular flexibility index (Phi) is 4.54. The lowest BCUT2D eigenvalue weighted by molar-refractivity contribution is 0.581. The molecule has 1 aromatic carbocycles. The molecule has 0 saturated carbocycles. The molecule has 0 radical (unpaired) electrons. The Morgan fingerprint density at radius 2 is 2.15 bits per heavy atom. The third kappa shape index (κ3) is 3.43. The topological polar surface area (TPSA) is 72.2 Å². The van der Waals surface area contributed by atoms with Crippen molar-refractivity contribution in [1.29, 1.82) is 0 Å². The van der Waals surface area contributed by atoms with E-state index >= 15 is 0 Å². The second-order valence-corrected chi connectivity index (χ2v) is 7.46. The van der Waals surface area contributed by atoms with Crippen molar-refractivity contribution >= 4 is 38.6 Å². The predicted molar refractivity (Wildman–Crippen MR) is 85.4 cm³/mol. The van der Waals surface area contributed by atoms with Crippen molar-refractivity contribution in [2.24, 2.45) is 5.73 Å². The van der Waals surface area contributed by atoms with Gasteiger partial charge in [-0.25, -0.2) is 13.1 Å². The van der Waals surface area contributed by atoms with Crippen molar-refractivity contribution in [3.8, 4) is 0 Å². The van der Waals surface area contributed by atoms with Crippen LogP contribution in [0.3, 0.4) is 0 Å². The molecule has 0 spiro atoms. The summed E-state index contributed by atoms with van der Waals surface area (Å²) in [6, 6.07) is 8.60. The number of aryl methyl sites for hydroxylation is 1. The molecule has 0 aliphatic rings. The number of thiophene rings is 1. The maximum Gasteiger partial charge on any atom is 0.241 e. The highest BCUT2D eigenvalue weighted by molar-refractivity contribution is 7.89. The Morgan fingerprint density at radius 1 is 1.40 bits per heavy atom. The summed E-state index contributed by atoms with van der Waals surface area (Å²) in [4.78, 5) is 1.46. The summed E-state index contributed by atoms with van der Waals surface area (Å²) >= 11 is 6.39. The van der Waals surface area contributed by atoms with E-state index in [0.717, 1.165) is 4.88 Å². The fourth-order valence-corrected chi connectivity index (χ4v) is 3.86. The van der Waals surface area contributed by atoms with E-state index < -0.39 is 10.0 Å². The zero-order valence-electron chi connectivity index (χ0n) is 10.8. The van der Waals surface area contributed by atoms with E-state index in [4.69, 9.17) is 18.0 Å². The fraction of sp³-hybridized carbons (Fsp3) is 0.154. The maximum atomic E-state index is 12.3. The Morgan fingerprint density at radius 3 is 2.70 bits per heavy atom. The van der Waals surface area contributed by atoms with Gasteiger partial charge in [0.05, 0.1) is 4.90 Å². The van der Waals surface area contributed by atoms with Crippen LogP contribution in [-0.4, -0.2) is 13.4 Å². The first-order valence-corrected chi connectivity index (χ1v) is 8.60. The molecule has 0 bridgehead atoms. The summed E-state index contributed by atoms with van der Waals surface area (Å²) < 4.78 is 27.1. The van der Waals surface area contributed by atoms with E-state index in [1.165, 1.54) is 17.4 Å². The van der Waals surface area contributed by atoms with Crippen LogP contribution in [0.5, 0.6) is 0 Å². The van der Waals surface area contributed by atoms with E-state index in [0.29, 0.717) is 11.1 Å². The number of benzene rings is 1. The van der Waals surface area contributed by atoms with Gasteiger partial charge in [0.15, 0.2) is 0 Å². The van der Waals surface area contributed by atoms with Gasteiger partial charge in [-0.05, 0) is 36.1 Å². The number of rotatable bonds is 5. The second-order valence-electron chi connectivity index (χ2n) is 4.25. The Bertz CT molecular complexity index is 722. The predicted octanol–water partition coefficient (Wildman–Crippen LogP) is 2.17. The summed E-state index contributed by atoms with van der Waals surface area (Å²) in [6.07, 6.45) is 0. The van der Waals surface area contributed by atoms with Crippen LogP contribution in [0.25, 0.3) is 0 Å². The summed E-state index contributed by atoms with van der Waals surface area (Å²) in [5, 5.41) is 1.91. The molecule has 0 fully saturated rings. The number of hydrogen-bond acceptors (Lipinski definition) is 4. The molecule has 0 atom stereocenters. The lowest BCUT2D eigenvalue weighted by Crippen LogP contribution is -2.24. The summed E-state index contributed by atoms with van der Waals surface area (Å²) in [5.74, 6) is 0. The minimum absolute atomic E-state index is 0.244. The number of thiocarbonyl (C=S) groups is 1. The first-order chi connectivity index (χ1) is 9.40. The number of nitrogens with two attached hydrogens (primary N) is 1. The minimum atomic E-state index is -3.54. The number of sulfonamides is 1. The normalized spacial score (nSPS) is 11.4. The van der Waals surface area contributed by atoms with Gasteiger partial charge in [-0.2, -0.15) is 0 Å². The van der Waals surface area contributed by atoms with Crippen molar-refractivity contribution in [3.63, 3.8) is 0 Å². The van der Waals surface area contributed by atoms with Crippen LogP contribution < -0.4 is 10.5 Å². The van der Waals surface area contributed by atoms with E-state index in [-0.39, 0.29) is 16.4 Å². The molecule has 1 aromatic heterocycles. The van der Waals surface area contributed by atoms with Crippen LogP contribution in [0.4, 0.5) is 0 Å². The molecule has 0 amide bonds. The highest BCUT2D eigenvalue weighted by atomic mass is 32.2. The van der Waals surface area contributed by atoms with Crippen molar-refractivity contribution in [2.75, 3.05) is 0 Å². The molecule has 0 saturated heterocycles. The monoisotopic (exact) mass is 326 g/mol. The van der Waals surface area contributed by atoms with Gasteiger partial charge in [-0.3, -0.25) is 0 Å². The van der Waals surface area contributed by atoms with E-state index in [1.807, 2.05) is 17.5 Å². The highest BCUT2D eigenvalue weighted by Gasteiger charge is 2.17. The van der Waals surface area contributed by atoms with Gasteiger partial charge < -0.3 is 5.73 Å². The van der Waals surface area contributed by atoms with Crippen molar-refractivity contribution in [3.05, 3.63) is 51.7 Å². The average Bonchev–Trinajstić information content (AvgIpc) is 2.89. The van der Waals surface area contributed by atoms with Crippen LogP contribution in [-0.2, 0) is 16.6 Å². The van der Waals surface area contributed by atoms with Crippen LogP contribution >= 0.6 is 23.6 Å². The van der Waals surface area contributed by atoms with Gasteiger partial charge in [0.2, 0.25) is 10.0 Å². The molecule has 4 nitrogen and oxygen atoms in total. The average molecular weight is 326 g/mol. The van der Waals surface area contributed by atoms with Gasteiger partial charge >= 0.3 is 0 Å². The van der Waals surface area contributed by atoms with Crippen LogP contribution in [0.1, 0.15) is 16.0 Å². The van der Waals surface area contributed by atoms with Crippen LogP contribution in [0.15, 0.2) is 40.6 Å². The Balaban J connectivity index is 2.23. The second kappa shape index (κ2) is 6.01. The lowest BCUT2D eigenvalue weighted by Gasteiger charge is -2.10. The molecular formula is C13H14N2O2S3. The van der Waals surface area contributed by atoms with Gasteiger partial charge in [0.1, 0.15) is 4.99 Å². The lowest BCUT2D eigenvalue weighted by atomic mass is 10.1. The Hall–Kier alpha value is -1.28. The van der Waals surface area contributed by atoms with E-state index in [2.05, 4.69) is 4.72 Å². The zero-order chi connectivity index (χ0) is 14.8. The quantitative estimate of drug-likeness (QED) is 0.826. The van der Waals surface area contributed by atoms with Gasteiger partial charge in [-0.15, -0.1) is 11.3 Å². The zero-order valence-corrected chi connectivity index (χ0v) is 13.2. The maximum absolute atomic E-state index is 12.3. The first kappa shape index (κ1) is 15.1. The molecule has 1 heterocycles. The van der Waals surface area contributed by atoms with Gasteiger partial charge in [0, 0.05) is 17.0 Å².